The van der Waals surface area contributed by atoms with E-state index in [-0.39, 0.29) is 23.7 Å². The Morgan fingerprint density at radius 2 is 2.14 bits per heavy atom. The molecule has 3 rings (SSSR count). The lowest BCUT2D eigenvalue weighted by molar-refractivity contribution is -0.283. The summed E-state index contributed by atoms with van der Waals surface area (Å²) >= 11 is 1.14. The molecule has 0 aliphatic carbocycles. The van der Waals surface area contributed by atoms with Crippen molar-refractivity contribution in [1.29, 1.82) is 0 Å². The van der Waals surface area contributed by atoms with E-state index in [1.807, 2.05) is 6.92 Å². The van der Waals surface area contributed by atoms with Gasteiger partial charge in [0.15, 0.2) is 5.79 Å². The highest BCUT2D eigenvalue weighted by Crippen LogP contribution is 2.37. The van der Waals surface area contributed by atoms with Crippen molar-refractivity contribution in [3.63, 3.8) is 0 Å². The first kappa shape index (κ1) is 21.4. The number of allylic oxidation sites excluding steroid dienone is 3. The molecule has 156 valence electrons. The molecule has 2 saturated heterocycles. The van der Waals surface area contributed by atoms with E-state index in [0.717, 1.165) is 49.4 Å². The highest BCUT2D eigenvalue weighted by molar-refractivity contribution is 8.14. The average Bonchev–Trinajstić information content (AvgIpc) is 3.07. The van der Waals surface area contributed by atoms with Gasteiger partial charge in [0.2, 0.25) is 0 Å². The maximum absolute atomic E-state index is 12.3. The molecule has 0 aromatic carbocycles. The highest BCUT2D eigenvalue weighted by atomic mass is 32.2. The molecule has 0 aromatic heterocycles. The summed E-state index contributed by atoms with van der Waals surface area (Å²) in [7, 11) is 0. The minimum atomic E-state index is -1.51. The maximum atomic E-state index is 12.3. The lowest BCUT2D eigenvalue weighted by Crippen LogP contribution is -2.58. The molecule has 2 fully saturated rings. The van der Waals surface area contributed by atoms with Crippen molar-refractivity contribution < 1.29 is 24.2 Å². The predicted molar refractivity (Wildman–Crippen MR) is 109 cm³/mol. The van der Waals surface area contributed by atoms with Crippen LogP contribution in [0.1, 0.15) is 58.8 Å². The molecule has 7 heteroatoms. The van der Waals surface area contributed by atoms with Crippen LogP contribution in [0.15, 0.2) is 23.8 Å². The molecular weight excluding hydrogens is 378 g/mol. The molecule has 6 nitrogen and oxygen atoms in total. The van der Waals surface area contributed by atoms with Crippen LogP contribution >= 0.6 is 11.8 Å². The maximum Gasteiger partial charge on any atom is 0.330 e. The zero-order valence-electron chi connectivity index (χ0n) is 16.7. The fraction of sp³-hybridized carbons (Fsp3) is 0.714. The van der Waals surface area contributed by atoms with Crippen LogP contribution in [0.3, 0.4) is 0 Å². The normalized spacial score (nSPS) is 40.6. The Labute approximate surface area is 171 Å². The molecule has 4 unspecified atom stereocenters. The van der Waals surface area contributed by atoms with Crippen molar-refractivity contribution in [3.8, 4) is 0 Å². The van der Waals surface area contributed by atoms with Crippen LogP contribution in [0.2, 0.25) is 0 Å². The Kier molecular flexibility index (Phi) is 7.23. The summed E-state index contributed by atoms with van der Waals surface area (Å²) in [5.74, 6) is -0.973. The van der Waals surface area contributed by atoms with E-state index in [9.17, 15) is 14.7 Å². The first-order chi connectivity index (χ1) is 13.4. The number of thioether (sulfide) groups is 1. The van der Waals surface area contributed by atoms with Crippen LogP contribution in [-0.4, -0.2) is 46.1 Å². The van der Waals surface area contributed by atoms with Crippen LogP contribution in [0, 0.1) is 5.92 Å². The lowest BCUT2D eigenvalue weighted by atomic mass is 9.89. The number of amides is 1. The number of aliphatic hydroxyl groups is 1. The monoisotopic (exact) mass is 409 g/mol. The minimum Gasteiger partial charge on any atom is -0.459 e. The summed E-state index contributed by atoms with van der Waals surface area (Å²) in [4.78, 5) is 24.0. The summed E-state index contributed by atoms with van der Waals surface area (Å²) in [6.07, 6.45) is 10.6. The molecule has 5 atom stereocenters. The van der Waals surface area contributed by atoms with Crippen LogP contribution in [0.5, 0.6) is 0 Å². The second-order valence-electron chi connectivity index (χ2n) is 8.08. The Morgan fingerprint density at radius 1 is 1.32 bits per heavy atom. The molecule has 2 N–H and O–H groups in total. The van der Waals surface area contributed by atoms with Crippen LogP contribution in [-0.2, 0) is 14.3 Å². The Bertz CT molecular complexity index is 649. The zero-order valence-corrected chi connectivity index (χ0v) is 17.5. The van der Waals surface area contributed by atoms with Crippen molar-refractivity contribution in [2.75, 3.05) is 5.75 Å². The molecule has 0 radical (unpaired) electrons. The van der Waals surface area contributed by atoms with Gasteiger partial charge in [-0.2, -0.15) is 0 Å². The third kappa shape index (κ3) is 5.61. The van der Waals surface area contributed by atoms with Gasteiger partial charge in [0.25, 0.3) is 5.24 Å². The van der Waals surface area contributed by atoms with Gasteiger partial charge < -0.3 is 19.9 Å². The van der Waals surface area contributed by atoms with Gasteiger partial charge in [0, 0.05) is 24.7 Å². The van der Waals surface area contributed by atoms with Crippen LogP contribution in [0.25, 0.3) is 0 Å². The van der Waals surface area contributed by atoms with E-state index in [1.165, 1.54) is 0 Å². The fourth-order valence-electron chi connectivity index (χ4n) is 4.11. The molecule has 0 aromatic rings. The number of rotatable bonds is 2. The summed E-state index contributed by atoms with van der Waals surface area (Å²) in [5, 5.41) is 13.8. The van der Waals surface area contributed by atoms with Gasteiger partial charge in [-0.15, -0.1) is 0 Å². The van der Waals surface area contributed by atoms with Gasteiger partial charge in [-0.1, -0.05) is 36.4 Å². The largest absolute Gasteiger partial charge is 0.459 e. The molecule has 0 spiro atoms. The van der Waals surface area contributed by atoms with Gasteiger partial charge in [-0.25, -0.2) is 4.79 Å². The first-order valence-corrected chi connectivity index (χ1v) is 11.2. The topological polar surface area (TPSA) is 84.9 Å². The number of carbonyl (C=O) groups is 2. The van der Waals surface area contributed by atoms with Crippen molar-refractivity contribution >= 4 is 23.0 Å². The molecular formula is C21H31NO5S. The highest BCUT2D eigenvalue weighted by Gasteiger charge is 2.49. The van der Waals surface area contributed by atoms with E-state index < -0.39 is 17.9 Å². The lowest BCUT2D eigenvalue weighted by Gasteiger charge is -2.43. The van der Waals surface area contributed by atoms with Crippen molar-refractivity contribution in [2.45, 2.75) is 82.8 Å². The second-order valence-corrected chi connectivity index (χ2v) is 9.07. The third-order valence-corrected chi connectivity index (χ3v) is 6.66. The van der Waals surface area contributed by atoms with E-state index in [4.69, 9.17) is 9.47 Å². The van der Waals surface area contributed by atoms with Crippen LogP contribution in [0.4, 0.5) is 4.79 Å². The number of hydrogen-bond donors (Lipinski definition) is 2. The Morgan fingerprint density at radius 3 is 2.86 bits per heavy atom. The van der Waals surface area contributed by atoms with E-state index in [2.05, 4.69) is 24.4 Å². The molecule has 3 heterocycles. The fourth-order valence-corrected chi connectivity index (χ4v) is 5.00. The average molecular weight is 410 g/mol. The number of ether oxygens (including phenoxy) is 2. The number of nitrogens with one attached hydrogen (secondary N) is 1. The standard InChI is InChI=1S/C21H31NO5S/c1-3-15-7-5-4-6-14(2)10-19(23)26-17-11-16(9-8-15)27-21(25,12-17)18-13-28-20(24)22-18/h5,7,10,15-18,25H,3-4,6,8-9,11-13H2,1-2H3,(H,22,24)/b7-5-,14-10-/t15?,16-,17?,18?,21?/m1/s1. The molecule has 3 aliphatic rings. The predicted octanol–water partition coefficient (Wildman–Crippen LogP) is 3.69. The van der Waals surface area contributed by atoms with Crippen molar-refractivity contribution in [1.82, 2.24) is 5.32 Å². The SMILES string of the molecule is CCC1/C=C\CC/C(C)=C\C(=O)OC2C[C@@H](CC1)OC(O)(C1CSC(=O)N1)C2. The van der Waals surface area contributed by atoms with Gasteiger partial charge in [0.05, 0.1) is 12.1 Å². The van der Waals surface area contributed by atoms with Crippen LogP contribution < -0.4 is 5.32 Å². The second kappa shape index (κ2) is 9.46. The molecule has 2 bridgehead atoms. The van der Waals surface area contributed by atoms with Gasteiger partial charge >= 0.3 is 5.97 Å². The molecule has 28 heavy (non-hydrogen) atoms. The molecule has 3 aliphatic heterocycles. The smallest absolute Gasteiger partial charge is 0.330 e. The summed E-state index contributed by atoms with van der Waals surface area (Å²) < 4.78 is 11.8. The van der Waals surface area contributed by atoms with Gasteiger partial charge in [-0.3, -0.25) is 4.79 Å². The van der Waals surface area contributed by atoms with E-state index in [1.54, 1.807) is 6.08 Å². The number of hydrogen-bond acceptors (Lipinski definition) is 6. The molecule has 1 amide bonds. The number of esters is 1. The van der Waals surface area contributed by atoms with Crippen molar-refractivity contribution in [3.05, 3.63) is 23.8 Å². The zero-order chi connectivity index (χ0) is 20.1. The molecule has 0 saturated carbocycles. The van der Waals surface area contributed by atoms with E-state index in [0.29, 0.717) is 18.1 Å². The van der Waals surface area contributed by atoms with Crippen molar-refractivity contribution in [2.24, 2.45) is 5.92 Å². The summed E-state index contributed by atoms with van der Waals surface area (Å²) in [5.41, 5.74) is 0.984. The summed E-state index contributed by atoms with van der Waals surface area (Å²) in [6.45, 7) is 4.11. The number of fused-ring (bicyclic) bond motifs is 2. The third-order valence-electron chi connectivity index (χ3n) is 5.78. The Hall–Kier alpha value is -1.31. The first-order valence-electron chi connectivity index (χ1n) is 10.3. The summed E-state index contributed by atoms with van der Waals surface area (Å²) in [6, 6.07) is -0.493. The Balaban J connectivity index is 1.79. The number of carbonyl (C=O) groups excluding carboxylic acids is 2. The quantitative estimate of drug-likeness (QED) is 0.534. The van der Waals surface area contributed by atoms with Gasteiger partial charge in [-0.05, 0) is 44.9 Å². The van der Waals surface area contributed by atoms with E-state index >= 15 is 0 Å². The van der Waals surface area contributed by atoms with Gasteiger partial charge in [0.1, 0.15) is 6.10 Å². The minimum absolute atomic E-state index is 0.158.